The first-order valence-electron chi connectivity index (χ1n) is 4.53. The molecule has 0 amide bonds. The molecule has 0 aliphatic carbocycles. The molecule has 0 aliphatic rings. The summed E-state index contributed by atoms with van der Waals surface area (Å²) in [6, 6.07) is 4.88. The highest BCUT2D eigenvalue weighted by molar-refractivity contribution is 6.34. The van der Waals surface area contributed by atoms with Gasteiger partial charge < -0.3 is 9.84 Å². The third kappa shape index (κ3) is 5.05. The molecule has 0 heterocycles. The fourth-order valence-electron chi connectivity index (χ4n) is 1.01. The maximum absolute atomic E-state index is 10.2. The molecule has 1 aromatic rings. The predicted octanol–water partition coefficient (Wildman–Crippen LogP) is 3.40. The molecule has 0 fully saturated rings. The summed E-state index contributed by atoms with van der Waals surface area (Å²) in [5.74, 6) is -0.320. The highest BCUT2D eigenvalue weighted by Crippen LogP contribution is 2.23. The number of rotatable bonds is 5. The molecule has 0 saturated carbocycles. The quantitative estimate of drug-likeness (QED) is 0.826. The zero-order valence-corrected chi connectivity index (χ0v) is 9.83. The zero-order valence-electron chi connectivity index (χ0n) is 8.32. The van der Waals surface area contributed by atoms with Gasteiger partial charge in [-0.1, -0.05) is 35.4 Å². The molecule has 1 rings (SSSR count). The van der Waals surface area contributed by atoms with E-state index < -0.39 is 5.97 Å². The highest BCUT2D eigenvalue weighted by atomic mass is 35.5. The van der Waals surface area contributed by atoms with Gasteiger partial charge in [0.15, 0.2) is 0 Å². The van der Waals surface area contributed by atoms with Gasteiger partial charge in [0.1, 0.15) is 12.4 Å². The van der Waals surface area contributed by atoms with E-state index in [-0.39, 0.29) is 13.0 Å². The lowest BCUT2D eigenvalue weighted by Crippen LogP contribution is -1.95. The van der Waals surface area contributed by atoms with E-state index in [1.807, 2.05) is 0 Å². The number of carboxylic acids is 1. The maximum atomic E-state index is 10.2. The molecule has 3 nitrogen and oxygen atoms in total. The van der Waals surface area contributed by atoms with Gasteiger partial charge in [-0.3, -0.25) is 4.79 Å². The van der Waals surface area contributed by atoms with Crippen molar-refractivity contribution < 1.29 is 14.6 Å². The van der Waals surface area contributed by atoms with Gasteiger partial charge >= 0.3 is 5.97 Å². The highest BCUT2D eigenvalue weighted by Gasteiger charge is 1.97. The van der Waals surface area contributed by atoms with Crippen molar-refractivity contribution >= 4 is 29.2 Å². The Morgan fingerprint density at radius 2 is 1.88 bits per heavy atom. The molecule has 0 aliphatic heterocycles. The molecular weight excluding hydrogens is 251 g/mol. The minimum atomic E-state index is -0.873. The van der Waals surface area contributed by atoms with Crippen molar-refractivity contribution in [1.82, 2.24) is 0 Å². The van der Waals surface area contributed by atoms with E-state index in [0.717, 1.165) is 0 Å². The van der Waals surface area contributed by atoms with Crippen LogP contribution in [0.2, 0.25) is 10.0 Å². The lowest BCUT2D eigenvalue weighted by molar-refractivity contribution is -0.136. The van der Waals surface area contributed by atoms with Crippen molar-refractivity contribution in [3.63, 3.8) is 0 Å². The van der Waals surface area contributed by atoms with Crippen molar-refractivity contribution in [3.8, 4) is 5.75 Å². The van der Waals surface area contributed by atoms with Crippen LogP contribution in [0.25, 0.3) is 0 Å². The van der Waals surface area contributed by atoms with Crippen LogP contribution in [0.15, 0.2) is 30.4 Å². The molecule has 1 aromatic carbocycles. The van der Waals surface area contributed by atoms with Crippen molar-refractivity contribution in [2.45, 2.75) is 6.42 Å². The lowest BCUT2D eigenvalue weighted by Gasteiger charge is -2.03. The van der Waals surface area contributed by atoms with Gasteiger partial charge in [0.2, 0.25) is 0 Å². The standard InChI is InChI=1S/C11H10Cl2O3/c12-8-5-9(13)7-10(6-8)16-4-2-1-3-11(14)15/h1-2,5-7H,3-4H2,(H,14,15)/b2-1+. The van der Waals surface area contributed by atoms with Gasteiger partial charge in [0, 0.05) is 10.0 Å². The summed E-state index contributed by atoms with van der Waals surface area (Å²) in [6.07, 6.45) is 3.14. The Morgan fingerprint density at radius 1 is 1.25 bits per heavy atom. The average molecular weight is 261 g/mol. The zero-order chi connectivity index (χ0) is 12.0. The molecule has 5 heteroatoms. The number of ether oxygens (including phenoxy) is 1. The topological polar surface area (TPSA) is 46.5 Å². The first-order valence-corrected chi connectivity index (χ1v) is 5.29. The number of aliphatic carboxylic acids is 1. The largest absolute Gasteiger partial charge is 0.489 e. The Labute approximate surface area is 103 Å². The predicted molar refractivity (Wildman–Crippen MR) is 63.3 cm³/mol. The van der Waals surface area contributed by atoms with Crippen LogP contribution in [0.3, 0.4) is 0 Å². The van der Waals surface area contributed by atoms with E-state index >= 15 is 0 Å². The fourth-order valence-corrected chi connectivity index (χ4v) is 1.51. The third-order valence-corrected chi connectivity index (χ3v) is 2.08. The number of carboxylic acid groups (broad SMARTS) is 1. The van der Waals surface area contributed by atoms with Crippen LogP contribution in [0.5, 0.6) is 5.75 Å². The fraction of sp³-hybridized carbons (Fsp3) is 0.182. The third-order valence-electron chi connectivity index (χ3n) is 1.64. The van der Waals surface area contributed by atoms with Crippen molar-refractivity contribution in [2.24, 2.45) is 0 Å². The number of carbonyl (C=O) groups is 1. The Morgan fingerprint density at radius 3 is 2.44 bits per heavy atom. The van der Waals surface area contributed by atoms with E-state index in [1.54, 1.807) is 24.3 Å². The van der Waals surface area contributed by atoms with E-state index in [2.05, 4.69) is 0 Å². The summed E-state index contributed by atoms with van der Waals surface area (Å²) in [4.78, 5) is 10.2. The van der Waals surface area contributed by atoms with Crippen LogP contribution < -0.4 is 4.74 Å². The molecule has 86 valence electrons. The van der Waals surface area contributed by atoms with E-state index in [0.29, 0.717) is 15.8 Å². The summed E-state index contributed by atoms with van der Waals surface area (Å²) in [7, 11) is 0. The molecule has 1 N–H and O–H groups in total. The number of hydrogen-bond donors (Lipinski definition) is 1. The molecule has 16 heavy (non-hydrogen) atoms. The summed E-state index contributed by atoms with van der Waals surface area (Å²) in [5, 5.41) is 9.37. The molecule has 0 atom stereocenters. The first kappa shape index (κ1) is 12.9. The second kappa shape index (κ2) is 6.40. The van der Waals surface area contributed by atoms with Crippen LogP contribution in [-0.2, 0) is 4.79 Å². The van der Waals surface area contributed by atoms with Gasteiger partial charge in [-0.15, -0.1) is 0 Å². The van der Waals surface area contributed by atoms with E-state index in [4.69, 9.17) is 33.0 Å². The minimum Gasteiger partial charge on any atom is -0.489 e. The van der Waals surface area contributed by atoms with Crippen LogP contribution >= 0.6 is 23.2 Å². The van der Waals surface area contributed by atoms with Crippen molar-refractivity contribution in [1.29, 1.82) is 0 Å². The summed E-state index contributed by atoms with van der Waals surface area (Å²) < 4.78 is 5.30. The second-order valence-corrected chi connectivity index (χ2v) is 3.86. The van der Waals surface area contributed by atoms with Crippen LogP contribution in [0.4, 0.5) is 0 Å². The van der Waals surface area contributed by atoms with Gasteiger partial charge in [0.05, 0.1) is 6.42 Å². The SMILES string of the molecule is O=C(O)C/C=C/COc1cc(Cl)cc(Cl)c1. The minimum absolute atomic E-state index is 0.0142. The second-order valence-electron chi connectivity index (χ2n) is 2.99. The molecule has 0 radical (unpaired) electrons. The molecule has 0 bridgehead atoms. The lowest BCUT2D eigenvalue weighted by atomic mass is 10.3. The molecular formula is C11H10Cl2O3. The van der Waals surface area contributed by atoms with Crippen LogP contribution in [0.1, 0.15) is 6.42 Å². The van der Waals surface area contributed by atoms with Crippen LogP contribution in [0, 0.1) is 0 Å². The van der Waals surface area contributed by atoms with Crippen molar-refractivity contribution in [3.05, 3.63) is 40.4 Å². The molecule has 0 unspecified atom stereocenters. The van der Waals surface area contributed by atoms with E-state index in [1.165, 1.54) is 6.08 Å². The van der Waals surface area contributed by atoms with Gasteiger partial charge in [-0.05, 0) is 18.2 Å². The number of hydrogen-bond acceptors (Lipinski definition) is 2. The Balaban J connectivity index is 2.42. The van der Waals surface area contributed by atoms with Gasteiger partial charge in [-0.25, -0.2) is 0 Å². The van der Waals surface area contributed by atoms with Gasteiger partial charge in [0.25, 0.3) is 0 Å². The normalized spacial score (nSPS) is 10.6. The smallest absolute Gasteiger partial charge is 0.307 e. The van der Waals surface area contributed by atoms with Crippen LogP contribution in [-0.4, -0.2) is 17.7 Å². The van der Waals surface area contributed by atoms with Gasteiger partial charge in [-0.2, -0.15) is 0 Å². The average Bonchev–Trinajstić information content (AvgIpc) is 2.15. The molecule has 0 spiro atoms. The number of benzene rings is 1. The van der Waals surface area contributed by atoms with Crippen molar-refractivity contribution in [2.75, 3.05) is 6.61 Å². The number of halogens is 2. The van der Waals surface area contributed by atoms with E-state index in [9.17, 15) is 4.79 Å². The summed E-state index contributed by atoms with van der Waals surface area (Å²) >= 11 is 11.5. The Kier molecular flexibility index (Phi) is 5.15. The Bertz CT molecular complexity index is 382. The maximum Gasteiger partial charge on any atom is 0.307 e. The Hall–Kier alpha value is -1.19. The molecule has 0 saturated heterocycles. The monoisotopic (exact) mass is 260 g/mol. The first-order chi connectivity index (χ1) is 7.58. The summed E-state index contributed by atoms with van der Waals surface area (Å²) in [5.41, 5.74) is 0. The summed E-state index contributed by atoms with van der Waals surface area (Å²) in [6.45, 7) is 0.282. The molecule has 0 aromatic heterocycles.